The molecule has 2 rings (SSSR count). The summed E-state index contributed by atoms with van der Waals surface area (Å²) in [6.07, 6.45) is 3.21. The van der Waals surface area contributed by atoms with Crippen molar-refractivity contribution in [3.8, 4) is 0 Å². The minimum Gasteiger partial charge on any atom is -0.289 e. The summed E-state index contributed by atoms with van der Waals surface area (Å²) < 4.78 is 0. The zero-order valence-electron chi connectivity index (χ0n) is 9.44. The summed E-state index contributed by atoms with van der Waals surface area (Å²) in [4.78, 5) is 11.9. The number of carbonyl (C=O) groups is 1. The molecular weight excluding hydrogens is 267 g/mol. The molecule has 0 amide bonds. The fourth-order valence-electron chi connectivity index (χ4n) is 1.53. The summed E-state index contributed by atoms with van der Waals surface area (Å²) in [5.41, 5.74) is 1.38. The summed E-state index contributed by atoms with van der Waals surface area (Å²) in [6.45, 7) is 0. The summed E-state index contributed by atoms with van der Waals surface area (Å²) in [6, 6.07) is 14.3. The van der Waals surface area contributed by atoms with E-state index in [1.54, 1.807) is 42.5 Å². The van der Waals surface area contributed by atoms with Gasteiger partial charge in [0, 0.05) is 10.6 Å². The minimum absolute atomic E-state index is 0.124. The second-order valence-corrected chi connectivity index (χ2v) is 4.58. The van der Waals surface area contributed by atoms with Crippen molar-refractivity contribution in [2.75, 3.05) is 0 Å². The highest BCUT2D eigenvalue weighted by molar-refractivity contribution is 6.34. The van der Waals surface area contributed by atoms with Crippen LogP contribution in [0.4, 0.5) is 0 Å². The standard InChI is InChI=1S/C15H10Cl2O/c16-12-5-3-4-11(10-12)8-9-15(18)13-6-1-2-7-14(13)17/h1-10H/b9-8-. The fourth-order valence-corrected chi connectivity index (χ4v) is 1.96. The van der Waals surface area contributed by atoms with Crippen LogP contribution >= 0.6 is 23.2 Å². The molecule has 0 aliphatic carbocycles. The van der Waals surface area contributed by atoms with Gasteiger partial charge in [0.15, 0.2) is 5.78 Å². The Bertz CT molecular complexity index is 603. The second kappa shape index (κ2) is 5.85. The highest BCUT2D eigenvalue weighted by Gasteiger charge is 2.05. The summed E-state index contributed by atoms with van der Waals surface area (Å²) >= 11 is 11.8. The Labute approximate surface area is 116 Å². The van der Waals surface area contributed by atoms with Crippen LogP contribution in [0.25, 0.3) is 6.08 Å². The first kappa shape index (κ1) is 12.9. The molecule has 0 unspecified atom stereocenters. The number of allylic oxidation sites excluding steroid dienone is 1. The van der Waals surface area contributed by atoms with Gasteiger partial charge < -0.3 is 0 Å². The van der Waals surface area contributed by atoms with Gasteiger partial charge in [-0.2, -0.15) is 0 Å². The largest absolute Gasteiger partial charge is 0.289 e. The van der Waals surface area contributed by atoms with E-state index in [2.05, 4.69) is 0 Å². The van der Waals surface area contributed by atoms with E-state index >= 15 is 0 Å². The quantitative estimate of drug-likeness (QED) is 0.576. The first-order chi connectivity index (χ1) is 8.66. The molecule has 0 atom stereocenters. The van der Waals surface area contributed by atoms with Crippen LogP contribution in [0, 0.1) is 0 Å². The molecule has 0 bridgehead atoms. The number of rotatable bonds is 3. The Hall–Kier alpha value is -1.57. The monoisotopic (exact) mass is 276 g/mol. The van der Waals surface area contributed by atoms with Crippen LogP contribution in [-0.2, 0) is 0 Å². The van der Waals surface area contributed by atoms with Crippen molar-refractivity contribution in [2.24, 2.45) is 0 Å². The Morgan fingerprint density at radius 2 is 1.78 bits per heavy atom. The van der Waals surface area contributed by atoms with Crippen molar-refractivity contribution in [2.45, 2.75) is 0 Å². The molecule has 0 spiro atoms. The molecule has 0 radical (unpaired) electrons. The summed E-state index contributed by atoms with van der Waals surface area (Å²) in [5.74, 6) is -0.124. The van der Waals surface area contributed by atoms with E-state index in [1.165, 1.54) is 6.08 Å². The maximum Gasteiger partial charge on any atom is 0.187 e. The van der Waals surface area contributed by atoms with Gasteiger partial charge in [0.1, 0.15) is 0 Å². The third kappa shape index (κ3) is 3.22. The van der Waals surface area contributed by atoms with Gasteiger partial charge in [0.2, 0.25) is 0 Å². The van der Waals surface area contributed by atoms with E-state index in [1.807, 2.05) is 12.1 Å². The van der Waals surface area contributed by atoms with Crippen LogP contribution in [-0.4, -0.2) is 5.78 Å². The van der Waals surface area contributed by atoms with Gasteiger partial charge in [-0.3, -0.25) is 4.79 Å². The van der Waals surface area contributed by atoms with Crippen LogP contribution in [0.2, 0.25) is 10.0 Å². The first-order valence-electron chi connectivity index (χ1n) is 5.39. The lowest BCUT2D eigenvalue weighted by Crippen LogP contribution is -1.94. The SMILES string of the molecule is O=C(/C=C\c1cccc(Cl)c1)c1ccccc1Cl. The van der Waals surface area contributed by atoms with Crippen molar-refractivity contribution in [1.29, 1.82) is 0 Å². The van der Waals surface area contributed by atoms with E-state index in [9.17, 15) is 4.79 Å². The molecule has 0 aliphatic rings. The maximum absolute atomic E-state index is 11.9. The highest BCUT2D eigenvalue weighted by atomic mass is 35.5. The summed E-state index contributed by atoms with van der Waals surface area (Å²) in [7, 11) is 0. The molecule has 3 heteroatoms. The molecule has 1 nitrogen and oxygen atoms in total. The second-order valence-electron chi connectivity index (χ2n) is 3.73. The van der Waals surface area contributed by atoms with E-state index in [-0.39, 0.29) is 5.78 Å². The Morgan fingerprint density at radius 1 is 1.00 bits per heavy atom. The van der Waals surface area contributed by atoms with Gasteiger partial charge in [-0.15, -0.1) is 0 Å². The van der Waals surface area contributed by atoms with Crippen LogP contribution in [0.3, 0.4) is 0 Å². The third-order valence-corrected chi connectivity index (χ3v) is 2.98. The smallest absolute Gasteiger partial charge is 0.187 e. The average molecular weight is 277 g/mol. The fraction of sp³-hybridized carbons (Fsp3) is 0. The van der Waals surface area contributed by atoms with Gasteiger partial charge in [0.05, 0.1) is 5.02 Å². The molecule has 0 aliphatic heterocycles. The molecule has 0 fully saturated rings. The van der Waals surface area contributed by atoms with Crippen molar-refractivity contribution in [1.82, 2.24) is 0 Å². The van der Waals surface area contributed by atoms with E-state index in [0.29, 0.717) is 15.6 Å². The topological polar surface area (TPSA) is 17.1 Å². The lowest BCUT2D eigenvalue weighted by Gasteiger charge is -1.98. The molecule has 0 N–H and O–H groups in total. The average Bonchev–Trinajstić information content (AvgIpc) is 2.37. The van der Waals surface area contributed by atoms with Crippen LogP contribution in [0.1, 0.15) is 15.9 Å². The van der Waals surface area contributed by atoms with E-state index in [0.717, 1.165) is 5.56 Å². The molecule has 0 saturated carbocycles. The lowest BCUT2D eigenvalue weighted by molar-refractivity contribution is 0.104. The molecular formula is C15H10Cl2O. The maximum atomic E-state index is 11.9. The predicted molar refractivity (Wildman–Crippen MR) is 76.3 cm³/mol. The zero-order chi connectivity index (χ0) is 13.0. The number of carbonyl (C=O) groups excluding carboxylic acids is 1. The van der Waals surface area contributed by atoms with Gasteiger partial charge in [-0.05, 0) is 35.9 Å². The van der Waals surface area contributed by atoms with Gasteiger partial charge in [0.25, 0.3) is 0 Å². The number of hydrogen-bond acceptors (Lipinski definition) is 1. The Kier molecular flexibility index (Phi) is 4.19. The zero-order valence-corrected chi connectivity index (χ0v) is 10.9. The van der Waals surface area contributed by atoms with Crippen molar-refractivity contribution in [3.63, 3.8) is 0 Å². The number of ketones is 1. The van der Waals surface area contributed by atoms with Crippen molar-refractivity contribution in [3.05, 3.63) is 75.8 Å². The number of hydrogen-bond donors (Lipinski definition) is 0. The molecule has 0 heterocycles. The Morgan fingerprint density at radius 3 is 2.50 bits per heavy atom. The van der Waals surface area contributed by atoms with Crippen molar-refractivity contribution >= 4 is 35.1 Å². The molecule has 90 valence electrons. The predicted octanol–water partition coefficient (Wildman–Crippen LogP) is 4.89. The van der Waals surface area contributed by atoms with Crippen LogP contribution in [0.5, 0.6) is 0 Å². The molecule has 0 aromatic heterocycles. The van der Waals surface area contributed by atoms with Gasteiger partial charge >= 0.3 is 0 Å². The summed E-state index contributed by atoms with van der Waals surface area (Å²) in [5, 5.41) is 1.10. The van der Waals surface area contributed by atoms with Crippen LogP contribution in [0.15, 0.2) is 54.6 Å². The minimum atomic E-state index is -0.124. The van der Waals surface area contributed by atoms with E-state index < -0.39 is 0 Å². The van der Waals surface area contributed by atoms with Crippen molar-refractivity contribution < 1.29 is 4.79 Å². The Balaban J connectivity index is 2.20. The number of benzene rings is 2. The normalized spacial score (nSPS) is 10.8. The number of halogens is 2. The highest BCUT2D eigenvalue weighted by Crippen LogP contribution is 2.17. The van der Waals surface area contributed by atoms with Crippen LogP contribution < -0.4 is 0 Å². The van der Waals surface area contributed by atoms with E-state index in [4.69, 9.17) is 23.2 Å². The molecule has 2 aromatic rings. The molecule has 18 heavy (non-hydrogen) atoms. The van der Waals surface area contributed by atoms with Gasteiger partial charge in [-0.1, -0.05) is 53.5 Å². The van der Waals surface area contributed by atoms with Gasteiger partial charge in [-0.25, -0.2) is 0 Å². The first-order valence-corrected chi connectivity index (χ1v) is 6.15. The third-order valence-electron chi connectivity index (χ3n) is 2.42. The molecule has 0 saturated heterocycles. The lowest BCUT2D eigenvalue weighted by atomic mass is 10.1. The molecule has 2 aromatic carbocycles.